The van der Waals surface area contributed by atoms with Crippen molar-refractivity contribution in [3.05, 3.63) is 16.5 Å². The van der Waals surface area contributed by atoms with E-state index in [0.717, 1.165) is 24.2 Å². The minimum absolute atomic E-state index is 0.0147. The summed E-state index contributed by atoms with van der Waals surface area (Å²) in [5.41, 5.74) is 0. The van der Waals surface area contributed by atoms with Gasteiger partial charge in [0.1, 0.15) is 4.21 Å². The van der Waals surface area contributed by atoms with Gasteiger partial charge in [0.05, 0.1) is 4.34 Å². The summed E-state index contributed by atoms with van der Waals surface area (Å²) in [5, 5.41) is 0. The summed E-state index contributed by atoms with van der Waals surface area (Å²) in [6, 6.07) is 3.06. The van der Waals surface area contributed by atoms with Gasteiger partial charge < -0.3 is 4.90 Å². The van der Waals surface area contributed by atoms with E-state index in [2.05, 4.69) is 0 Å². The number of carbonyl (C=O) groups excluding carboxylic acids is 1. The summed E-state index contributed by atoms with van der Waals surface area (Å²) in [6.07, 6.45) is 1.82. The summed E-state index contributed by atoms with van der Waals surface area (Å²) in [6.45, 7) is 3.22. The molecule has 0 aliphatic carbocycles. The summed E-state index contributed by atoms with van der Waals surface area (Å²) < 4.78 is 27.9. The highest BCUT2D eigenvalue weighted by molar-refractivity contribution is 7.91. The molecular formula is C13H17ClN2O3S2. The molecule has 3 heterocycles. The Balaban J connectivity index is 1.89. The number of hydrogen-bond donors (Lipinski definition) is 0. The van der Waals surface area contributed by atoms with Gasteiger partial charge in [-0.25, -0.2) is 8.42 Å². The number of thiophene rings is 1. The SMILES string of the molecule is CC(=O)N1C[C@H]2CCCN(S(=O)(=O)c3ccc(Cl)s3)[C@H]2C1. The van der Waals surface area contributed by atoms with Gasteiger partial charge in [-0.15, -0.1) is 11.3 Å². The normalized spacial score (nSPS) is 26.9. The molecule has 1 aromatic heterocycles. The van der Waals surface area contributed by atoms with E-state index in [1.165, 1.54) is 6.92 Å². The Kier molecular flexibility index (Phi) is 4.02. The molecule has 0 spiro atoms. The van der Waals surface area contributed by atoms with E-state index in [9.17, 15) is 13.2 Å². The van der Waals surface area contributed by atoms with E-state index in [-0.39, 0.29) is 22.1 Å². The number of rotatable bonds is 2. The van der Waals surface area contributed by atoms with E-state index >= 15 is 0 Å². The molecule has 116 valence electrons. The van der Waals surface area contributed by atoms with Gasteiger partial charge in [-0.2, -0.15) is 4.31 Å². The fourth-order valence-electron chi connectivity index (χ4n) is 3.25. The van der Waals surface area contributed by atoms with E-state index < -0.39 is 10.0 Å². The van der Waals surface area contributed by atoms with E-state index in [1.54, 1.807) is 21.3 Å². The van der Waals surface area contributed by atoms with Crippen molar-refractivity contribution >= 4 is 38.9 Å². The van der Waals surface area contributed by atoms with Crippen LogP contribution in [0.1, 0.15) is 19.8 Å². The Labute approximate surface area is 133 Å². The predicted octanol–water partition coefficient (Wildman–Crippen LogP) is 2.03. The van der Waals surface area contributed by atoms with Gasteiger partial charge in [0.2, 0.25) is 5.91 Å². The monoisotopic (exact) mass is 348 g/mol. The first kappa shape index (κ1) is 15.3. The van der Waals surface area contributed by atoms with Gasteiger partial charge in [0.15, 0.2) is 0 Å². The second-order valence-corrected chi connectivity index (χ2v) is 9.40. The minimum Gasteiger partial charge on any atom is -0.341 e. The van der Waals surface area contributed by atoms with Crippen LogP contribution in [0.2, 0.25) is 4.34 Å². The van der Waals surface area contributed by atoms with E-state index in [1.807, 2.05) is 0 Å². The maximum Gasteiger partial charge on any atom is 0.252 e. The van der Waals surface area contributed by atoms with Gasteiger partial charge in [0, 0.05) is 32.6 Å². The average molecular weight is 349 g/mol. The number of likely N-dealkylation sites (tertiary alicyclic amines) is 1. The lowest BCUT2D eigenvalue weighted by molar-refractivity contribution is -0.128. The molecule has 5 nitrogen and oxygen atoms in total. The lowest BCUT2D eigenvalue weighted by Crippen LogP contribution is -2.48. The standard InChI is InChI=1S/C13H17ClN2O3S2/c1-9(17)15-7-10-3-2-6-16(11(10)8-15)21(18,19)13-5-4-12(14)20-13/h4-5,10-11H,2-3,6-8H2,1H3/t10-,11+/m1/s1. The van der Waals surface area contributed by atoms with Gasteiger partial charge in [-0.1, -0.05) is 11.6 Å². The van der Waals surface area contributed by atoms with Crippen molar-refractivity contribution in [2.24, 2.45) is 5.92 Å². The minimum atomic E-state index is -3.52. The van der Waals surface area contributed by atoms with Crippen molar-refractivity contribution in [2.75, 3.05) is 19.6 Å². The Morgan fingerprint density at radius 1 is 1.38 bits per heavy atom. The van der Waals surface area contributed by atoms with Crippen LogP contribution >= 0.6 is 22.9 Å². The Morgan fingerprint density at radius 2 is 2.14 bits per heavy atom. The molecule has 2 fully saturated rings. The summed E-state index contributed by atoms with van der Waals surface area (Å²) in [4.78, 5) is 13.3. The number of sulfonamides is 1. The summed E-state index contributed by atoms with van der Waals surface area (Å²) in [7, 11) is -3.52. The first-order chi connectivity index (χ1) is 9.89. The zero-order chi connectivity index (χ0) is 15.2. The second-order valence-electron chi connectivity index (χ2n) is 5.57. The highest BCUT2D eigenvalue weighted by Crippen LogP contribution is 2.36. The topological polar surface area (TPSA) is 57.7 Å². The number of fused-ring (bicyclic) bond motifs is 1. The van der Waals surface area contributed by atoms with Crippen molar-refractivity contribution in [1.82, 2.24) is 9.21 Å². The zero-order valence-electron chi connectivity index (χ0n) is 11.7. The average Bonchev–Trinajstić information content (AvgIpc) is 3.03. The smallest absolute Gasteiger partial charge is 0.252 e. The molecule has 0 unspecified atom stereocenters. The van der Waals surface area contributed by atoms with Crippen LogP contribution in [0.4, 0.5) is 0 Å². The van der Waals surface area contributed by atoms with Crippen LogP contribution in [-0.2, 0) is 14.8 Å². The molecule has 1 aromatic rings. The number of carbonyl (C=O) groups is 1. The maximum absolute atomic E-state index is 12.8. The van der Waals surface area contributed by atoms with Crippen molar-refractivity contribution in [2.45, 2.75) is 30.0 Å². The number of nitrogens with zero attached hydrogens (tertiary/aromatic N) is 2. The van der Waals surface area contributed by atoms with Crippen LogP contribution < -0.4 is 0 Å². The second kappa shape index (κ2) is 5.53. The molecule has 8 heteroatoms. The number of halogens is 1. The van der Waals surface area contributed by atoms with E-state index in [0.29, 0.717) is 24.0 Å². The van der Waals surface area contributed by atoms with Gasteiger partial charge in [-0.3, -0.25) is 4.79 Å². The van der Waals surface area contributed by atoms with Crippen molar-refractivity contribution < 1.29 is 13.2 Å². The molecule has 2 aliphatic heterocycles. The van der Waals surface area contributed by atoms with Crippen LogP contribution in [0.3, 0.4) is 0 Å². The van der Waals surface area contributed by atoms with Crippen LogP contribution in [-0.4, -0.2) is 49.2 Å². The number of amides is 1. The number of piperidine rings is 1. The molecule has 21 heavy (non-hydrogen) atoms. The van der Waals surface area contributed by atoms with Gasteiger partial charge >= 0.3 is 0 Å². The Morgan fingerprint density at radius 3 is 2.76 bits per heavy atom. The quantitative estimate of drug-likeness (QED) is 0.821. The molecule has 1 amide bonds. The van der Waals surface area contributed by atoms with Crippen LogP contribution in [0.5, 0.6) is 0 Å². The van der Waals surface area contributed by atoms with Crippen molar-refractivity contribution in [3.63, 3.8) is 0 Å². The molecule has 0 radical (unpaired) electrons. The number of hydrogen-bond acceptors (Lipinski definition) is 4. The lowest BCUT2D eigenvalue weighted by Gasteiger charge is -2.35. The van der Waals surface area contributed by atoms with Crippen LogP contribution in [0.15, 0.2) is 16.3 Å². The summed E-state index contributed by atoms with van der Waals surface area (Å²) in [5.74, 6) is 0.258. The highest BCUT2D eigenvalue weighted by atomic mass is 35.5. The third-order valence-electron chi connectivity index (χ3n) is 4.29. The van der Waals surface area contributed by atoms with Gasteiger partial charge in [-0.05, 0) is 30.9 Å². The molecule has 3 rings (SSSR count). The molecule has 2 aliphatic rings. The fourth-order valence-corrected chi connectivity index (χ4v) is 6.57. The Hall–Kier alpha value is -0.630. The first-order valence-corrected chi connectivity index (χ1v) is 9.56. The zero-order valence-corrected chi connectivity index (χ0v) is 14.0. The fraction of sp³-hybridized carbons (Fsp3) is 0.615. The van der Waals surface area contributed by atoms with Crippen LogP contribution in [0, 0.1) is 5.92 Å². The van der Waals surface area contributed by atoms with Crippen molar-refractivity contribution in [3.8, 4) is 0 Å². The Bertz CT molecular complexity index is 658. The molecule has 0 bridgehead atoms. The molecule has 2 atom stereocenters. The van der Waals surface area contributed by atoms with Crippen molar-refractivity contribution in [1.29, 1.82) is 0 Å². The largest absolute Gasteiger partial charge is 0.341 e. The summed E-state index contributed by atoms with van der Waals surface area (Å²) >= 11 is 6.95. The van der Waals surface area contributed by atoms with Crippen LogP contribution in [0.25, 0.3) is 0 Å². The third-order valence-corrected chi connectivity index (χ3v) is 7.91. The maximum atomic E-state index is 12.8. The third kappa shape index (κ3) is 2.72. The van der Waals surface area contributed by atoms with Gasteiger partial charge in [0.25, 0.3) is 10.0 Å². The molecule has 0 aromatic carbocycles. The molecule has 2 saturated heterocycles. The lowest BCUT2D eigenvalue weighted by atomic mass is 9.94. The predicted molar refractivity (Wildman–Crippen MR) is 82.0 cm³/mol. The molecular weight excluding hydrogens is 332 g/mol. The molecule has 0 N–H and O–H groups in total. The van der Waals surface area contributed by atoms with E-state index in [4.69, 9.17) is 11.6 Å². The molecule has 0 saturated carbocycles. The highest BCUT2D eigenvalue weighted by Gasteiger charge is 2.45. The first-order valence-electron chi connectivity index (χ1n) is 6.92.